The fourth-order valence-corrected chi connectivity index (χ4v) is 3.12. The molecular formula is C11H13ClN2S2. The molecule has 0 aliphatic carbocycles. The summed E-state index contributed by atoms with van der Waals surface area (Å²) in [4.78, 5) is 4.58. The summed E-state index contributed by atoms with van der Waals surface area (Å²) < 4.78 is 0.788. The van der Waals surface area contributed by atoms with Crippen LogP contribution in [0.25, 0.3) is 11.3 Å². The lowest BCUT2D eigenvalue weighted by molar-refractivity contribution is 0.474. The Bertz CT molecular complexity index is 488. The van der Waals surface area contributed by atoms with Crippen LogP contribution in [0.2, 0.25) is 4.34 Å². The van der Waals surface area contributed by atoms with E-state index in [2.05, 4.69) is 11.9 Å². The molecule has 0 radical (unpaired) electrons. The van der Waals surface area contributed by atoms with Gasteiger partial charge in [-0.3, -0.25) is 0 Å². The molecule has 0 aromatic carbocycles. The number of hydrogen-bond acceptors (Lipinski definition) is 4. The number of thiazole rings is 1. The molecule has 2 heterocycles. The molecule has 1 atom stereocenters. The second-order valence-electron chi connectivity index (χ2n) is 3.95. The van der Waals surface area contributed by atoms with E-state index in [1.807, 2.05) is 23.8 Å². The molecule has 0 aliphatic rings. The highest BCUT2D eigenvalue weighted by molar-refractivity contribution is 7.14. The van der Waals surface area contributed by atoms with Gasteiger partial charge in [0, 0.05) is 16.3 Å². The third-order valence-electron chi connectivity index (χ3n) is 2.59. The molecule has 2 nitrogen and oxygen atoms in total. The van der Waals surface area contributed by atoms with Crippen LogP contribution in [0, 0.1) is 0 Å². The van der Waals surface area contributed by atoms with Crippen molar-refractivity contribution in [1.29, 1.82) is 0 Å². The van der Waals surface area contributed by atoms with Gasteiger partial charge in [-0.1, -0.05) is 18.5 Å². The third-order valence-corrected chi connectivity index (χ3v) is 4.80. The van der Waals surface area contributed by atoms with E-state index in [-0.39, 0.29) is 5.54 Å². The van der Waals surface area contributed by atoms with Gasteiger partial charge in [-0.25, -0.2) is 4.98 Å². The predicted molar refractivity (Wildman–Crippen MR) is 72.3 cm³/mol. The maximum absolute atomic E-state index is 6.16. The fraction of sp³-hybridized carbons (Fsp3) is 0.364. The van der Waals surface area contributed by atoms with Crippen LogP contribution in [0.15, 0.2) is 16.8 Å². The monoisotopic (exact) mass is 272 g/mol. The lowest BCUT2D eigenvalue weighted by Crippen LogP contribution is -2.31. The highest BCUT2D eigenvalue weighted by Crippen LogP contribution is 2.32. The number of rotatable bonds is 3. The lowest BCUT2D eigenvalue weighted by Gasteiger charge is -2.18. The Hall–Kier alpha value is -0.420. The van der Waals surface area contributed by atoms with Crippen molar-refractivity contribution in [2.45, 2.75) is 25.8 Å². The summed E-state index contributed by atoms with van der Waals surface area (Å²) in [5, 5.41) is 5.03. The normalized spacial score (nSPS) is 15.0. The minimum atomic E-state index is -0.331. The van der Waals surface area contributed by atoms with E-state index in [0.717, 1.165) is 27.0 Å². The first-order valence-electron chi connectivity index (χ1n) is 5.02. The van der Waals surface area contributed by atoms with Crippen molar-refractivity contribution in [2.24, 2.45) is 5.73 Å². The first-order chi connectivity index (χ1) is 7.53. The zero-order valence-electron chi connectivity index (χ0n) is 9.16. The number of hydrogen-bond donors (Lipinski definition) is 1. The average molecular weight is 273 g/mol. The molecular weight excluding hydrogens is 260 g/mol. The fourth-order valence-electron chi connectivity index (χ4n) is 1.26. The van der Waals surface area contributed by atoms with Crippen LogP contribution in [-0.2, 0) is 5.54 Å². The van der Waals surface area contributed by atoms with E-state index in [1.165, 1.54) is 11.3 Å². The predicted octanol–water partition coefficient (Wildman–Crippen LogP) is 4.11. The molecule has 5 heteroatoms. The Balaban J connectivity index is 2.33. The van der Waals surface area contributed by atoms with Crippen LogP contribution in [0.4, 0.5) is 0 Å². The molecule has 0 fully saturated rings. The SMILES string of the molecule is CCC(C)(N)c1nc(-c2csc(Cl)c2)cs1. The molecule has 2 aromatic rings. The summed E-state index contributed by atoms with van der Waals surface area (Å²) in [6.45, 7) is 4.08. The van der Waals surface area contributed by atoms with Crippen LogP contribution < -0.4 is 5.73 Å². The minimum absolute atomic E-state index is 0.331. The zero-order valence-corrected chi connectivity index (χ0v) is 11.5. The van der Waals surface area contributed by atoms with Gasteiger partial charge in [0.2, 0.25) is 0 Å². The number of halogens is 1. The molecule has 0 saturated heterocycles. The van der Waals surface area contributed by atoms with Crippen LogP contribution in [-0.4, -0.2) is 4.98 Å². The van der Waals surface area contributed by atoms with E-state index in [4.69, 9.17) is 17.3 Å². The molecule has 0 spiro atoms. The van der Waals surface area contributed by atoms with Crippen LogP contribution in [0.1, 0.15) is 25.3 Å². The van der Waals surface area contributed by atoms with Crippen molar-refractivity contribution >= 4 is 34.3 Å². The molecule has 0 saturated carbocycles. The van der Waals surface area contributed by atoms with E-state index in [9.17, 15) is 0 Å². The van der Waals surface area contributed by atoms with Gasteiger partial charge in [0.15, 0.2) is 0 Å². The molecule has 0 amide bonds. The van der Waals surface area contributed by atoms with Gasteiger partial charge in [0.25, 0.3) is 0 Å². The highest BCUT2D eigenvalue weighted by atomic mass is 35.5. The average Bonchev–Trinajstić information content (AvgIpc) is 2.85. The molecule has 0 aliphatic heterocycles. The van der Waals surface area contributed by atoms with Crippen LogP contribution in [0.3, 0.4) is 0 Å². The van der Waals surface area contributed by atoms with Gasteiger partial charge in [-0.05, 0) is 19.4 Å². The third kappa shape index (κ3) is 2.30. The van der Waals surface area contributed by atoms with E-state index in [0.29, 0.717) is 0 Å². The molecule has 86 valence electrons. The molecule has 2 N–H and O–H groups in total. The largest absolute Gasteiger partial charge is 0.320 e. The standard InChI is InChI=1S/C11H13ClN2S2/c1-3-11(2,13)10-14-8(6-16-10)7-4-9(12)15-5-7/h4-6H,3,13H2,1-2H3. The summed E-state index contributed by atoms with van der Waals surface area (Å²) in [6.07, 6.45) is 0.879. The Kier molecular flexibility index (Phi) is 3.35. The van der Waals surface area contributed by atoms with Crippen molar-refractivity contribution in [3.05, 3.63) is 26.2 Å². The lowest BCUT2D eigenvalue weighted by atomic mass is 10.0. The first kappa shape index (κ1) is 12.0. The molecule has 16 heavy (non-hydrogen) atoms. The Morgan fingerprint density at radius 2 is 2.19 bits per heavy atom. The van der Waals surface area contributed by atoms with Gasteiger partial charge in [0.1, 0.15) is 5.01 Å². The van der Waals surface area contributed by atoms with Crippen molar-refractivity contribution in [1.82, 2.24) is 4.98 Å². The second-order valence-corrected chi connectivity index (χ2v) is 6.35. The van der Waals surface area contributed by atoms with Gasteiger partial charge >= 0.3 is 0 Å². The summed E-state index contributed by atoms with van der Waals surface area (Å²) in [6, 6.07) is 1.94. The van der Waals surface area contributed by atoms with Gasteiger partial charge in [0.05, 0.1) is 15.6 Å². The van der Waals surface area contributed by atoms with Crippen molar-refractivity contribution in [3.63, 3.8) is 0 Å². The van der Waals surface area contributed by atoms with Crippen molar-refractivity contribution in [3.8, 4) is 11.3 Å². The quantitative estimate of drug-likeness (QED) is 0.913. The summed E-state index contributed by atoms with van der Waals surface area (Å²) >= 11 is 9.03. The maximum Gasteiger partial charge on any atom is 0.113 e. The second kappa shape index (κ2) is 4.45. The topological polar surface area (TPSA) is 38.9 Å². The molecule has 0 bridgehead atoms. The summed E-state index contributed by atoms with van der Waals surface area (Å²) in [5.74, 6) is 0. The molecule has 1 unspecified atom stereocenters. The maximum atomic E-state index is 6.16. The summed E-state index contributed by atoms with van der Waals surface area (Å²) in [7, 11) is 0. The van der Waals surface area contributed by atoms with E-state index >= 15 is 0 Å². The Morgan fingerprint density at radius 1 is 1.44 bits per heavy atom. The Labute approximate surface area is 108 Å². The minimum Gasteiger partial charge on any atom is -0.320 e. The highest BCUT2D eigenvalue weighted by Gasteiger charge is 2.22. The summed E-state index contributed by atoms with van der Waals surface area (Å²) in [5.41, 5.74) is 7.87. The van der Waals surface area contributed by atoms with Gasteiger partial charge in [-0.2, -0.15) is 0 Å². The van der Waals surface area contributed by atoms with Crippen LogP contribution in [0.5, 0.6) is 0 Å². The van der Waals surface area contributed by atoms with E-state index < -0.39 is 0 Å². The Morgan fingerprint density at radius 3 is 2.75 bits per heavy atom. The van der Waals surface area contributed by atoms with Crippen molar-refractivity contribution < 1.29 is 0 Å². The van der Waals surface area contributed by atoms with Crippen molar-refractivity contribution in [2.75, 3.05) is 0 Å². The van der Waals surface area contributed by atoms with Gasteiger partial charge < -0.3 is 5.73 Å². The molecule has 2 rings (SSSR count). The van der Waals surface area contributed by atoms with E-state index in [1.54, 1.807) is 11.3 Å². The number of thiophene rings is 1. The number of aromatic nitrogens is 1. The number of nitrogens with zero attached hydrogens (tertiary/aromatic N) is 1. The van der Waals surface area contributed by atoms with Crippen LogP contribution >= 0.6 is 34.3 Å². The van der Waals surface area contributed by atoms with Gasteiger partial charge in [-0.15, -0.1) is 22.7 Å². The smallest absolute Gasteiger partial charge is 0.113 e. The zero-order chi connectivity index (χ0) is 11.8. The first-order valence-corrected chi connectivity index (χ1v) is 7.16. The molecule has 2 aromatic heterocycles. The number of nitrogens with two attached hydrogens (primary N) is 1.